The molecule has 2 nitrogen and oxygen atoms in total. The zero-order chi connectivity index (χ0) is 14.8. The maximum Gasteiger partial charge on any atom is 0.200 e. The van der Waals surface area contributed by atoms with Crippen LogP contribution in [0.2, 0.25) is 0 Å². The molecule has 0 aliphatic heterocycles. The Balaban J connectivity index is 1.71. The van der Waals surface area contributed by atoms with Crippen LogP contribution in [0.3, 0.4) is 0 Å². The summed E-state index contributed by atoms with van der Waals surface area (Å²) in [7, 11) is 0. The van der Waals surface area contributed by atoms with Crippen LogP contribution in [-0.4, -0.2) is 12.4 Å². The molecule has 0 unspecified atom stereocenters. The van der Waals surface area contributed by atoms with E-state index >= 15 is 0 Å². The zero-order valence-electron chi connectivity index (χ0n) is 12.0. The highest BCUT2D eigenvalue weighted by Crippen LogP contribution is 2.23. The zero-order valence-corrected chi connectivity index (χ0v) is 12.0. The van der Waals surface area contributed by atoms with Crippen LogP contribution in [-0.2, 0) is 12.8 Å². The Hall–Kier alpha value is -2.16. The second-order valence-corrected chi connectivity index (χ2v) is 5.44. The Labute approximate surface area is 123 Å². The molecule has 3 rings (SSSR count). The second kappa shape index (κ2) is 5.68. The van der Waals surface area contributed by atoms with Crippen molar-refractivity contribution in [1.29, 1.82) is 0 Å². The van der Waals surface area contributed by atoms with Crippen LogP contribution in [0.4, 0.5) is 4.39 Å². The molecule has 0 atom stereocenters. The number of ketones is 1. The average molecular weight is 284 g/mol. The third-order valence-electron chi connectivity index (χ3n) is 3.94. The van der Waals surface area contributed by atoms with Gasteiger partial charge in [0.25, 0.3) is 0 Å². The summed E-state index contributed by atoms with van der Waals surface area (Å²) in [5.41, 5.74) is 3.74. The molecule has 2 aromatic carbocycles. The summed E-state index contributed by atoms with van der Waals surface area (Å²) in [4.78, 5) is 12.2. The molecule has 0 amide bonds. The lowest BCUT2D eigenvalue weighted by Gasteiger charge is -2.09. The van der Waals surface area contributed by atoms with Crippen LogP contribution >= 0.6 is 0 Å². The molecule has 0 fully saturated rings. The molecule has 2 aromatic rings. The van der Waals surface area contributed by atoms with E-state index in [1.807, 2.05) is 18.2 Å². The van der Waals surface area contributed by atoms with Gasteiger partial charge in [0.2, 0.25) is 0 Å². The minimum absolute atomic E-state index is 0.120. The number of rotatable bonds is 4. The molecule has 0 heterocycles. The van der Waals surface area contributed by atoms with Gasteiger partial charge in [-0.05, 0) is 55.0 Å². The Morgan fingerprint density at radius 1 is 1.19 bits per heavy atom. The van der Waals surface area contributed by atoms with Crippen LogP contribution in [0.15, 0.2) is 36.4 Å². The van der Waals surface area contributed by atoms with Gasteiger partial charge in [-0.15, -0.1) is 0 Å². The molecule has 1 aliphatic rings. The number of halogens is 1. The molecule has 0 bridgehead atoms. The predicted molar refractivity (Wildman–Crippen MR) is 79.4 cm³/mol. The minimum atomic E-state index is -0.403. The van der Waals surface area contributed by atoms with Crippen LogP contribution in [0.5, 0.6) is 5.75 Å². The van der Waals surface area contributed by atoms with Crippen molar-refractivity contribution in [3.63, 3.8) is 0 Å². The molecule has 0 N–H and O–H groups in total. The molecule has 0 spiro atoms. The first-order valence-corrected chi connectivity index (χ1v) is 7.18. The molecule has 0 aromatic heterocycles. The highest BCUT2D eigenvalue weighted by molar-refractivity contribution is 5.97. The van der Waals surface area contributed by atoms with Gasteiger partial charge in [0, 0.05) is 5.56 Å². The molecule has 21 heavy (non-hydrogen) atoms. The van der Waals surface area contributed by atoms with Gasteiger partial charge in [-0.2, -0.15) is 0 Å². The van der Waals surface area contributed by atoms with Crippen LogP contribution < -0.4 is 4.74 Å². The van der Waals surface area contributed by atoms with Gasteiger partial charge in [0.1, 0.15) is 0 Å². The molecule has 1 aliphatic carbocycles. The number of Topliss-reactive ketones (excluding diaryl/α,β-unsaturated/α-hetero) is 1. The van der Waals surface area contributed by atoms with Crippen LogP contribution in [0.25, 0.3) is 0 Å². The van der Waals surface area contributed by atoms with Crippen molar-refractivity contribution in [1.82, 2.24) is 0 Å². The van der Waals surface area contributed by atoms with Gasteiger partial charge in [0.05, 0.1) is 0 Å². The Morgan fingerprint density at radius 2 is 2.00 bits per heavy atom. The summed E-state index contributed by atoms with van der Waals surface area (Å²) in [5.74, 6) is -0.394. The minimum Gasteiger partial charge on any atom is -0.482 e. The molecular weight excluding hydrogens is 267 g/mol. The molecule has 108 valence electrons. The van der Waals surface area contributed by atoms with E-state index in [2.05, 4.69) is 0 Å². The monoisotopic (exact) mass is 284 g/mol. The van der Waals surface area contributed by atoms with E-state index in [1.54, 1.807) is 19.1 Å². The summed E-state index contributed by atoms with van der Waals surface area (Å²) >= 11 is 0. The normalized spacial score (nSPS) is 13.0. The predicted octanol–water partition coefficient (Wildman–Crippen LogP) is 3.88. The third-order valence-corrected chi connectivity index (χ3v) is 3.94. The van der Waals surface area contributed by atoms with Crippen molar-refractivity contribution in [2.45, 2.75) is 26.2 Å². The van der Waals surface area contributed by atoms with Crippen molar-refractivity contribution < 1.29 is 13.9 Å². The average Bonchev–Trinajstić information content (AvgIpc) is 2.96. The first kappa shape index (κ1) is 13.8. The number of benzene rings is 2. The fourth-order valence-electron chi connectivity index (χ4n) is 2.70. The Kier molecular flexibility index (Phi) is 3.74. The van der Waals surface area contributed by atoms with Gasteiger partial charge < -0.3 is 4.74 Å². The van der Waals surface area contributed by atoms with E-state index in [0.29, 0.717) is 11.1 Å². The quantitative estimate of drug-likeness (QED) is 0.796. The van der Waals surface area contributed by atoms with Gasteiger partial charge in [-0.25, -0.2) is 4.39 Å². The fraction of sp³-hybridized carbons (Fsp3) is 0.278. The van der Waals surface area contributed by atoms with Gasteiger partial charge in [-0.3, -0.25) is 4.79 Å². The number of aryl methyl sites for hydroxylation is 3. The Morgan fingerprint density at radius 3 is 2.86 bits per heavy atom. The van der Waals surface area contributed by atoms with Crippen molar-refractivity contribution in [3.05, 3.63) is 64.5 Å². The number of carbonyl (C=O) groups is 1. The van der Waals surface area contributed by atoms with Gasteiger partial charge in [0.15, 0.2) is 24.0 Å². The van der Waals surface area contributed by atoms with E-state index in [4.69, 9.17) is 4.74 Å². The molecule has 0 radical (unpaired) electrons. The van der Waals surface area contributed by atoms with E-state index in [9.17, 15) is 9.18 Å². The van der Waals surface area contributed by atoms with E-state index in [1.165, 1.54) is 17.2 Å². The molecular formula is C18H17FO2. The first-order chi connectivity index (χ1) is 10.1. The maximum absolute atomic E-state index is 13.8. The summed E-state index contributed by atoms with van der Waals surface area (Å²) in [5, 5.41) is 0. The molecule has 0 saturated carbocycles. The number of hydrogen-bond acceptors (Lipinski definition) is 2. The van der Waals surface area contributed by atoms with Crippen molar-refractivity contribution in [2.24, 2.45) is 0 Å². The van der Waals surface area contributed by atoms with Crippen molar-refractivity contribution in [3.8, 4) is 5.75 Å². The number of hydrogen-bond donors (Lipinski definition) is 0. The van der Waals surface area contributed by atoms with Crippen LogP contribution in [0.1, 0.15) is 33.5 Å². The third kappa shape index (κ3) is 2.82. The van der Waals surface area contributed by atoms with E-state index in [-0.39, 0.29) is 18.1 Å². The van der Waals surface area contributed by atoms with Gasteiger partial charge >= 0.3 is 0 Å². The van der Waals surface area contributed by atoms with Crippen molar-refractivity contribution >= 4 is 5.78 Å². The maximum atomic E-state index is 13.8. The lowest BCUT2D eigenvalue weighted by atomic mass is 10.0. The largest absolute Gasteiger partial charge is 0.482 e. The van der Waals surface area contributed by atoms with Gasteiger partial charge in [-0.1, -0.05) is 24.3 Å². The van der Waals surface area contributed by atoms with E-state index in [0.717, 1.165) is 19.3 Å². The number of fused-ring (bicyclic) bond motifs is 1. The Bertz CT molecular complexity index is 692. The van der Waals surface area contributed by atoms with Crippen molar-refractivity contribution in [2.75, 3.05) is 6.61 Å². The summed E-state index contributed by atoms with van der Waals surface area (Å²) in [6.45, 7) is 1.53. The standard InChI is InChI=1S/C18H17FO2/c1-12-4-2-7-17(18(12)19)21-11-16(20)15-9-8-13-5-3-6-14(13)10-15/h2,4,7-10H,3,5-6,11H2,1H3. The number of carbonyl (C=O) groups excluding carboxylic acids is 1. The summed E-state index contributed by atoms with van der Waals surface area (Å²) in [6, 6.07) is 10.7. The van der Waals surface area contributed by atoms with Crippen LogP contribution in [0, 0.1) is 12.7 Å². The lowest BCUT2D eigenvalue weighted by Crippen LogP contribution is -2.12. The summed E-state index contributed by atoms with van der Waals surface area (Å²) < 4.78 is 19.1. The molecule has 0 saturated heterocycles. The lowest BCUT2D eigenvalue weighted by molar-refractivity contribution is 0.0918. The highest BCUT2D eigenvalue weighted by Gasteiger charge is 2.15. The highest BCUT2D eigenvalue weighted by atomic mass is 19.1. The molecule has 3 heteroatoms. The number of ether oxygens (including phenoxy) is 1. The summed E-state index contributed by atoms with van der Waals surface area (Å²) in [6.07, 6.45) is 3.27. The fourth-order valence-corrected chi connectivity index (χ4v) is 2.70. The van der Waals surface area contributed by atoms with E-state index < -0.39 is 5.82 Å². The SMILES string of the molecule is Cc1cccc(OCC(=O)c2ccc3c(c2)CCC3)c1F. The second-order valence-electron chi connectivity index (χ2n) is 5.44. The first-order valence-electron chi connectivity index (χ1n) is 7.18. The topological polar surface area (TPSA) is 26.3 Å². The smallest absolute Gasteiger partial charge is 0.200 e.